The third kappa shape index (κ3) is 2.43. The van der Waals surface area contributed by atoms with Crippen molar-refractivity contribution >= 4 is 11.4 Å². The van der Waals surface area contributed by atoms with Crippen LogP contribution in [0.4, 0.5) is 15.8 Å². The SMILES string of the molecule is Nc1ccc(N2CC(Cn3ccnn3)OC2O)cc1F. The van der Waals surface area contributed by atoms with Gasteiger partial charge in [-0.2, -0.15) is 0 Å². The van der Waals surface area contributed by atoms with Gasteiger partial charge in [-0.3, -0.25) is 0 Å². The Hall–Kier alpha value is -2.19. The molecule has 1 aliphatic rings. The number of anilines is 2. The highest BCUT2D eigenvalue weighted by atomic mass is 19.1. The molecule has 1 saturated heterocycles. The molecule has 1 aromatic carbocycles. The largest absolute Gasteiger partial charge is 0.396 e. The van der Waals surface area contributed by atoms with Crippen LogP contribution in [0.1, 0.15) is 0 Å². The number of nitrogens with zero attached hydrogens (tertiary/aromatic N) is 4. The van der Waals surface area contributed by atoms with Crippen LogP contribution in [0.15, 0.2) is 30.6 Å². The first-order valence-electron chi connectivity index (χ1n) is 6.13. The summed E-state index contributed by atoms with van der Waals surface area (Å²) < 4.78 is 20.5. The van der Waals surface area contributed by atoms with Crippen molar-refractivity contribution in [3.8, 4) is 0 Å². The van der Waals surface area contributed by atoms with E-state index >= 15 is 0 Å². The van der Waals surface area contributed by atoms with E-state index in [0.717, 1.165) is 0 Å². The molecule has 1 fully saturated rings. The van der Waals surface area contributed by atoms with Gasteiger partial charge in [-0.15, -0.1) is 5.10 Å². The van der Waals surface area contributed by atoms with Gasteiger partial charge in [0.15, 0.2) is 0 Å². The first-order valence-corrected chi connectivity index (χ1v) is 6.13. The average molecular weight is 279 g/mol. The molecule has 2 heterocycles. The lowest BCUT2D eigenvalue weighted by molar-refractivity contribution is -0.0924. The minimum Gasteiger partial charge on any atom is -0.396 e. The smallest absolute Gasteiger partial charge is 0.238 e. The quantitative estimate of drug-likeness (QED) is 0.779. The fourth-order valence-electron chi connectivity index (χ4n) is 2.17. The Morgan fingerprint density at radius 2 is 2.35 bits per heavy atom. The molecule has 2 aromatic rings. The fourth-order valence-corrected chi connectivity index (χ4v) is 2.17. The van der Waals surface area contributed by atoms with E-state index in [9.17, 15) is 9.50 Å². The molecule has 0 saturated carbocycles. The lowest BCUT2D eigenvalue weighted by atomic mass is 10.2. The molecule has 0 radical (unpaired) electrons. The third-order valence-electron chi connectivity index (χ3n) is 3.16. The zero-order valence-corrected chi connectivity index (χ0v) is 10.6. The Labute approximate surface area is 114 Å². The van der Waals surface area contributed by atoms with E-state index in [0.29, 0.717) is 18.8 Å². The Morgan fingerprint density at radius 1 is 1.50 bits per heavy atom. The normalized spacial score (nSPS) is 22.4. The monoisotopic (exact) mass is 279 g/mol. The number of hydrogen-bond donors (Lipinski definition) is 2. The van der Waals surface area contributed by atoms with Gasteiger partial charge in [0.1, 0.15) is 5.82 Å². The topological polar surface area (TPSA) is 89.4 Å². The zero-order chi connectivity index (χ0) is 14.1. The first-order chi connectivity index (χ1) is 9.63. The molecule has 2 unspecified atom stereocenters. The number of aromatic nitrogens is 3. The molecule has 20 heavy (non-hydrogen) atoms. The summed E-state index contributed by atoms with van der Waals surface area (Å²) in [5.74, 6) is -0.519. The summed E-state index contributed by atoms with van der Waals surface area (Å²) >= 11 is 0. The summed E-state index contributed by atoms with van der Waals surface area (Å²) in [4.78, 5) is 1.56. The van der Waals surface area contributed by atoms with E-state index in [-0.39, 0.29) is 11.8 Å². The van der Waals surface area contributed by atoms with E-state index in [4.69, 9.17) is 10.5 Å². The Balaban J connectivity index is 1.73. The van der Waals surface area contributed by atoms with Crippen LogP contribution < -0.4 is 10.6 Å². The van der Waals surface area contributed by atoms with Gasteiger partial charge >= 0.3 is 0 Å². The van der Waals surface area contributed by atoms with E-state index in [2.05, 4.69) is 10.3 Å². The maximum Gasteiger partial charge on any atom is 0.238 e. The molecule has 3 rings (SSSR count). The van der Waals surface area contributed by atoms with E-state index in [1.165, 1.54) is 12.1 Å². The van der Waals surface area contributed by atoms with Crippen molar-refractivity contribution < 1.29 is 14.2 Å². The zero-order valence-electron chi connectivity index (χ0n) is 10.6. The summed E-state index contributed by atoms with van der Waals surface area (Å²) in [6.45, 7) is 0.884. The van der Waals surface area contributed by atoms with Gasteiger partial charge in [0, 0.05) is 11.9 Å². The minimum atomic E-state index is -1.12. The van der Waals surface area contributed by atoms with Crippen LogP contribution in [0.5, 0.6) is 0 Å². The predicted molar refractivity (Wildman–Crippen MR) is 69.1 cm³/mol. The Morgan fingerprint density at radius 3 is 3.05 bits per heavy atom. The number of rotatable bonds is 3. The van der Waals surface area contributed by atoms with Gasteiger partial charge in [0.25, 0.3) is 0 Å². The minimum absolute atomic E-state index is 0.0718. The first kappa shape index (κ1) is 12.8. The predicted octanol–water partition coefficient (Wildman–Crippen LogP) is 0.181. The molecule has 3 N–H and O–H groups in total. The molecule has 106 valence electrons. The highest BCUT2D eigenvalue weighted by molar-refractivity contribution is 5.54. The van der Waals surface area contributed by atoms with Crippen LogP contribution in [0, 0.1) is 5.82 Å². The Kier molecular flexibility index (Phi) is 3.25. The standard InChI is InChI=1S/C12H14FN5O2/c13-10-5-8(1-2-11(10)14)18-7-9(20-12(18)19)6-17-4-3-15-16-17/h1-5,9,12,19H,6-7,14H2. The highest BCUT2D eigenvalue weighted by Crippen LogP contribution is 2.26. The van der Waals surface area contributed by atoms with Crippen molar-refractivity contribution in [1.82, 2.24) is 15.0 Å². The van der Waals surface area contributed by atoms with Crippen LogP contribution in [-0.2, 0) is 11.3 Å². The summed E-state index contributed by atoms with van der Waals surface area (Å²) in [7, 11) is 0. The number of hydrogen-bond acceptors (Lipinski definition) is 6. The number of nitrogens with two attached hydrogens (primary N) is 1. The van der Waals surface area contributed by atoms with E-state index < -0.39 is 12.2 Å². The van der Waals surface area contributed by atoms with Gasteiger partial charge in [-0.05, 0) is 18.2 Å². The lowest BCUT2D eigenvalue weighted by Crippen LogP contribution is -2.30. The number of benzene rings is 1. The van der Waals surface area contributed by atoms with Crippen molar-refractivity contribution in [1.29, 1.82) is 0 Å². The van der Waals surface area contributed by atoms with Crippen molar-refractivity contribution in [2.24, 2.45) is 0 Å². The summed E-state index contributed by atoms with van der Waals surface area (Å²) in [6, 6.07) is 4.38. The molecule has 1 aromatic heterocycles. The van der Waals surface area contributed by atoms with Gasteiger partial charge in [0.2, 0.25) is 6.41 Å². The number of aliphatic hydroxyl groups is 1. The molecule has 0 aliphatic carbocycles. The Bertz CT molecular complexity index is 592. The second kappa shape index (κ2) is 5.06. The molecular formula is C12H14FN5O2. The second-order valence-corrected chi connectivity index (χ2v) is 4.57. The van der Waals surface area contributed by atoms with Crippen molar-refractivity contribution in [2.45, 2.75) is 19.1 Å². The number of aliphatic hydroxyl groups excluding tert-OH is 1. The van der Waals surface area contributed by atoms with Crippen molar-refractivity contribution in [3.63, 3.8) is 0 Å². The third-order valence-corrected chi connectivity index (χ3v) is 3.16. The summed E-state index contributed by atoms with van der Waals surface area (Å²) in [5.41, 5.74) is 6.02. The molecule has 0 amide bonds. The molecule has 0 bridgehead atoms. The van der Waals surface area contributed by atoms with Crippen LogP contribution in [0.2, 0.25) is 0 Å². The fraction of sp³-hybridized carbons (Fsp3) is 0.333. The van der Waals surface area contributed by atoms with Gasteiger partial charge in [-0.25, -0.2) is 9.07 Å². The van der Waals surface area contributed by atoms with E-state index in [1.807, 2.05) is 0 Å². The number of ether oxygens (including phenoxy) is 1. The van der Waals surface area contributed by atoms with Crippen molar-refractivity contribution in [2.75, 3.05) is 17.2 Å². The summed E-state index contributed by atoms with van der Waals surface area (Å²) in [5, 5.41) is 17.4. The van der Waals surface area contributed by atoms with Crippen molar-refractivity contribution in [3.05, 3.63) is 36.4 Å². The van der Waals surface area contributed by atoms with Crippen LogP contribution in [0.25, 0.3) is 0 Å². The number of nitrogen functional groups attached to an aromatic ring is 1. The lowest BCUT2D eigenvalue weighted by Gasteiger charge is -2.20. The average Bonchev–Trinajstić information content (AvgIpc) is 3.03. The van der Waals surface area contributed by atoms with Gasteiger partial charge in [0.05, 0.1) is 31.1 Å². The van der Waals surface area contributed by atoms with Crippen LogP contribution in [-0.4, -0.2) is 39.2 Å². The van der Waals surface area contributed by atoms with Gasteiger partial charge in [-0.1, -0.05) is 5.21 Å². The molecule has 0 spiro atoms. The maximum atomic E-state index is 13.5. The second-order valence-electron chi connectivity index (χ2n) is 4.57. The van der Waals surface area contributed by atoms with Gasteiger partial charge < -0.3 is 20.5 Å². The molecule has 7 nitrogen and oxygen atoms in total. The summed E-state index contributed by atoms with van der Waals surface area (Å²) in [6.07, 6.45) is 1.90. The molecular weight excluding hydrogens is 265 g/mol. The van der Waals surface area contributed by atoms with Crippen LogP contribution in [0.3, 0.4) is 0 Å². The molecule has 1 aliphatic heterocycles. The number of halogens is 1. The molecule has 8 heteroatoms. The molecule has 2 atom stereocenters. The van der Waals surface area contributed by atoms with Crippen LogP contribution >= 0.6 is 0 Å². The van der Waals surface area contributed by atoms with E-state index in [1.54, 1.807) is 28.0 Å². The highest BCUT2D eigenvalue weighted by Gasteiger charge is 2.32. The maximum absolute atomic E-state index is 13.5.